The fourth-order valence-corrected chi connectivity index (χ4v) is 3.44. The van der Waals surface area contributed by atoms with E-state index >= 15 is 0 Å². The van der Waals surface area contributed by atoms with Crippen molar-refractivity contribution in [2.75, 3.05) is 13.1 Å². The minimum absolute atomic E-state index is 0.192. The molecule has 0 radical (unpaired) electrons. The van der Waals surface area contributed by atoms with Crippen LogP contribution in [-0.4, -0.2) is 25.8 Å². The minimum Gasteiger partial charge on any atom is -0.324 e. The van der Waals surface area contributed by atoms with E-state index in [1.807, 2.05) is 0 Å². The van der Waals surface area contributed by atoms with Gasteiger partial charge in [-0.25, -0.2) is 8.42 Å². The molecule has 0 aliphatic carbocycles. The average Bonchev–Trinajstić information content (AvgIpc) is 2.44. The Kier molecular flexibility index (Phi) is 5.69. The zero-order valence-corrected chi connectivity index (χ0v) is 12.9. The summed E-state index contributed by atoms with van der Waals surface area (Å²) in [7, 11) is -3.59. The molecule has 2 N–H and O–H groups in total. The molecule has 0 saturated carbocycles. The van der Waals surface area contributed by atoms with Crippen molar-refractivity contribution >= 4 is 10.0 Å². The van der Waals surface area contributed by atoms with Gasteiger partial charge in [0.25, 0.3) is 0 Å². The van der Waals surface area contributed by atoms with E-state index in [1.165, 1.54) is 4.31 Å². The Morgan fingerprint density at radius 3 is 2.55 bits per heavy atom. The van der Waals surface area contributed by atoms with E-state index in [9.17, 15) is 8.42 Å². The Bertz CT molecular complexity index is 591. The lowest BCUT2D eigenvalue weighted by molar-refractivity contribution is 0.400. The lowest BCUT2D eigenvalue weighted by Gasteiger charge is -2.22. The van der Waals surface area contributed by atoms with Gasteiger partial charge in [-0.2, -0.15) is 9.57 Å². The molecule has 0 aromatic heterocycles. The molecule has 0 saturated heterocycles. The van der Waals surface area contributed by atoms with Crippen molar-refractivity contribution in [3.8, 4) is 6.07 Å². The van der Waals surface area contributed by atoms with Gasteiger partial charge in [-0.05, 0) is 31.5 Å². The number of nitriles is 1. The predicted octanol–water partition coefficient (Wildman–Crippen LogP) is 1.88. The molecule has 0 spiro atoms. The van der Waals surface area contributed by atoms with E-state index < -0.39 is 10.0 Å². The maximum atomic E-state index is 12.6. The van der Waals surface area contributed by atoms with Crippen LogP contribution in [0.5, 0.6) is 0 Å². The van der Waals surface area contributed by atoms with Crippen molar-refractivity contribution in [3.63, 3.8) is 0 Å². The average molecular weight is 295 g/mol. The molecule has 110 valence electrons. The normalized spacial score (nSPS) is 14.8. The summed E-state index contributed by atoms with van der Waals surface area (Å²) in [5.74, 6) is -0.346. The Labute approximate surface area is 121 Å². The van der Waals surface area contributed by atoms with Gasteiger partial charge in [-0.3, -0.25) is 0 Å². The maximum Gasteiger partial charge on any atom is 0.243 e. The fraction of sp³-hybridized carbons (Fsp3) is 0.500. The summed E-state index contributed by atoms with van der Waals surface area (Å²) in [6.45, 7) is 5.79. The third-order valence-corrected chi connectivity index (χ3v) is 5.01. The molecule has 0 heterocycles. The molecule has 0 aliphatic heterocycles. The molecule has 1 rings (SSSR count). The zero-order chi connectivity index (χ0) is 15.3. The van der Waals surface area contributed by atoms with E-state index in [0.29, 0.717) is 6.54 Å². The summed E-state index contributed by atoms with van der Waals surface area (Å²) < 4.78 is 26.5. The third-order valence-electron chi connectivity index (χ3n) is 3.07. The minimum atomic E-state index is -3.59. The molecule has 20 heavy (non-hydrogen) atoms. The third kappa shape index (κ3) is 3.79. The molecule has 1 aromatic rings. The van der Waals surface area contributed by atoms with Crippen LogP contribution < -0.4 is 5.73 Å². The highest BCUT2D eigenvalue weighted by molar-refractivity contribution is 7.89. The van der Waals surface area contributed by atoms with Gasteiger partial charge in [0, 0.05) is 19.1 Å². The van der Waals surface area contributed by atoms with Gasteiger partial charge in [0.2, 0.25) is 10.0 Å². The molecule has 6 heteroatoms. The largest absolute Gasteiger partial charge is 0.324 e. The second-order valence-corrected chi connectivity index (χ2v) is 6.78. The van der Waals surface area contributed by atoms with Crippen LogP contribution >= 0.6 is 0 Å². The molecule has 0 aliphatic rings. The molecule has 5 nitrogen and oxygen atoms in total. The van der Waals surface area contributed by atoms with Crippen molar-refractivity contribution in [2.45, 2.75) is 31.7 Å². The van der Waals surface area contributed by atoms with E-state index in [0.717, 1.165) is 5.56 Å². The Morgan fingerprint density at radius 1 is 1.40 bits per heavy atom. The van der Waals surface area contributed by atoms with Gasteiger partial charge in [-0.15, -0.1) is 0 Å². The molecule has 0 amide bonds. The van der Waals surface area contributed by atoms with Gasteiger partial charge in [-0.1, -0.05) is 19.1 Å². The van der Waals surface area contributed by atoms with Gasteiger partial charge >= 0.3 is 0 Å². The van der Waals surface area contributed by atoms with Gasteiger partial charge < -0.3 is 5.73 Å². The van der Waals surface area contributed by atoms with Crippen LogP contribution in [0.25, 0.3) is 0 Å². The monoisotopic (exact) mass is 295 g/mol. The smallest absolute Gasteiger partial charge is 0.243 e. The van der Waals surface area contributed by atoms with E-state index in [1.54, 1.807) is 45.0 Å². The standard InChI is InChI=1S/C14H21N3O2S/c1-4-17(10-11(2)9-15)20(18,19)14-7-5-6-13(8-14)12(3)16/h5-8,11-12H,4,10,16H2,1-3H3. The quantitative estimate of drug-likeness (QED) is 0.868. The van der Waals surface area contributed by atoms with Crippen LogP contribution in [0.2, 0.25) is 0 Å². The fourth-order valence-electron chi connectivity index (χ4n) is 1.85. The number of hydrogen-bond donors (Lipinski definition) is 1. The Morgan fingerprint density at radius 2 is 2.05 bits per heavy atom. The maximum absolute atomic E-state index is 12.6. The highest BCUT2D eigenvalue weighted by atomic mass is 32.2. The first-order valence-corrected chi connectivity index (χ1v) is 8.02. The van der Waals surface area contributed by atoms with Crippen LogP contribution in [0.3, 0.4) is 0 Å². The molecule has 2 atom stereocenters. The van der Waals surface area contributed by atoms with E-state index in [2.05, 4.69) is 6.07 Å². The number of sulfonamides is 1. The molecule has 0 fully saturated rings. The number of nitrogens with zero attached hydrogens (tertiary/aromatic N) is 2. The number of rotatable bonds is 6. The molecular weight excluding hydrogens is 274 g/mol. The first kappa shape index (κ1) is 16.6. The van der Waals surface area contributed by atoms with Crippen LogP contribution in [0.4, 0.5) is 0 Å². The highest BCUT2D eigenvalue weighted by Crippen LogP contribution is 2.20. The van der Waals surface area contributed by atoms with Crippen molar-refractivity contribution in [3.05, 3.63) is 29.8 Å². The van der Waals surface area contributed by atoms with E-state index in [-0.39, 0.29) is 23.4 Å². The second-order valence-electron chi connectivity index (χ2n) is 4.85. The molecule has 2 unspecified atom stereocenters. The summed E-state index contributed by atoms with van der Waals surface area (Å²) in [6, 6.07) is 8.48. The number of benzene rings is 1. The summed E-state index contributed by atoms with van der Waals surface area (Å²) in [4.78, 5) is 0.222. The first-order valence-electron chi connectivity index (χ1n) is 6.58. The van der Waals surface area contributed by atoms with Gasteiger partial charge in [0.1, 0.15) is 0 Å². The van der Waals surface area contributed by atoms with Crippen molar-refractivity contribution in [1.29, 1.82) is 5.26 Å². The Balaban J connectivity index is 3.14. The first-order chi connectivity index (χ1) is 9.32. The lowest BCUT2D eigenvalue weighted by Crippen LogP contribution is -2.34. The van der Waals surface area contributed by atoms with Crippen molar-refractivity contribution < 1.29 is 8.42 Å². The highest BCUT2D eigenvalue weighted by Gasteiger charge is 2.25. The SMILES string of the molecule is CCN(CC(C)C#N)S(=O)(=O)c1cccc(C(C)N)c1. The molecular formula is C14H21N3O2S. The van der Waals surface area contributed by atoms with Gasteiger partial charge in [0.05, 0.1) is 16.9 Å². The zero-order valence-electron chi connectivity index (χ0n) is 12.1. The lowest BCUT2D eigenvalue weighted by atomic mass is 10.1. The number of nitrogens with two attached hydrogens (primary N) is 1. The van der Waals surface area contributed by atoms with Gasteiger partial charge in [0.15, 0.2) is 0 Å². The Hall–Kier alpha value is -1.42. The summed E-state index contributed by atoms with van der Waals surface area (Å²) in [5, 5.41) is 8.84. The van der Waals surface area contributed by atoms with Crippen molar-refractivity contribution in [2.24, 2.45) is 11.7 Å². The van der Waals surface area contributed by atoms with E-state index in [4.69, 9.17) is 11.0 Å². The molecule has 0 bridgehead atoms. The van der Waals surface area contributed by atoms with Crippen molar-refractivity contribution in [1.82, 2.24) is 4.31 Å². The summed E-state index contributed by atoms with van der Waals surface area (Å²) in [5.41, 5.74) is 6.56. The summed E-state index contributed by atoms with van der Waals surface area (Å²) >= 11 is 0. The second kappa shape index (κ2) is 6.84. The number of hydrogen-bond acceptors (Lipinski definition) is 4. The van der Waals surface area contributed by atoms with Crippen LogP contribution in [0, 0.1) is 17.2 Å². The topological polar surface area (TPSA) is 87.2 Å². The van der Waals surface area contributed by atoms with Crippen LogP contribution in [0.1, 0.15) is 32.4 Å². The van der Waals surface area contributed by atoms with Crippen LogP contribution in [0.15, 0.2) is 29.2 Å². The molecule has 1 aromatic carbocycles. The van der Waals surface area contributed by atoms with Crippen LogP contribution in [-0.2, 0) is 10.0 Å². The summed E-state index contributed by atoms with van der Waals surface area (Å²) in [6.07, 6.45) is 0. The predicted molar refractivity (Wildman–Crippen MR) is 78.3 cm³/mol.